The van der Waals surface area contributed by atoms with Gasteiger partial charge in [-0.15, -0.1) is 0 Å². The third-order valence-corrected chi connectivity index (χ3v) is 3.21. The number of halogens is 1. The van der Waals surface area contributed by atoms with E-state index >= 15 is 0 Å². The lowest BCUT2D eigenvalue weighted by atomic mass is 10.0. The molecule has 4 heteroatoms. The van der Waals surface area contributed by atoms with Gasteiger partial charge in [0.25, 0.3) is 0 Å². The van der Waals surface area contributed by atoms with Gasteiger partial charge in [0.15, 0.2) is 6.29 Å². The fourth-order valence-corrected chi connectivity index (χ4v) is 2.18. The quantitative estimate of drug-likeness (QED) is 0.787. The van der Waals surface area contributed by atoms with Crippen LogP contribution in [0.1, 0.15) is 29.4 Å². The Morgan fingerprint density at radius 1 is 1.39 bits per heavy atom. The van der Waals surface area contributed by atoms with Crippen LogP contribution in [-0.2, 0) is 6.54 Å². The van der Waals surface area contributed by atoms with E-state index in [0.717, 1.165) is 36.1 Å². The van der Waals surface area contributed by atoms with E-state index < -0.39 is 0 Å². The van der Waals surface area contributed by atoms with Crippen LogP contribution in [0.4, 0.5) is 0 Å². The Hall–Kier alpha value is -1.61. The Bertz CT molecular complexity index is 575. The minimum atomic E-state index is 0.623. The summed E-state index contributed by atoms with van der Waals surface area (Å²) in [5, 5.41) is 4.97. The SMILES string of the molecule is CCCn1ncc(-c2cc(Cl)ccc2C=O)c1C. The van der Waals surface area contributed by atoms with Gasteiger partial charge in [0.05, 0.1) is 6.20 Å². The lowest BCUT2D eigenvalue weighted by molar-refractivity contribution is 0.112. The van der Waals surface area contributed by atoms with E-state index in [1.54, 1.807) is 18.3 Å². The highest BCUT2D eigenvalue weighted by molar-refractivity contribution is 6.31. The lowest BCUT2D eigenvalue weighted by Gasteiger charge is -2.06. The molecular weight excluding hydrogens is 248 g/mol. The molecule has 3 nitrogen and oxygen atoms in total. The summed E-state index contributed by atoms with van der Waals surface area (Å²) in [5.74, 6) is 0. The van der Waals surface area contributed by atoms with Crippen LogP contribution in [-0.4, -0.2) is 16.1 Å². The Morgan fingerprint density at radius 3 is 2.83 bits per heavy atom. The zero-order chi connectivity index (χ0) is 13.1. The molecule has 1 heterocycles. The molecule has 0 saturated heterocycles. The van der Waals surface area contributed by atoms with E-state index in [4.69, 9.17) is 11.6 Å². The first-order valence-corrected chi connectivity index (χ1v) is 6.32. The molecule has 0 aliphatic rings. The number of aldehydes is 1. The van der Waals surface area contributed by atoms with Crippen LogP contribution < -0.4 is 0 Å². The highest BCUT2D eigenvalue weighted by Crippen LogP contribution is 2.28. The zero-order valence-corrected chi connectivity index (χ0v) is 11.2. The molecule has 0 aliphatic heterocycles. The number of rotatable bonds is 4. The van der Waals surface area contributed by atoms with Gasteiger partial charge < -0.3 is 0 Å². The maximum atomic E-state index is 11.1. The lowest BCUT2D eigenvalue weighted by Crippen LogP contribution is -2.01. The van der Waals surface area contributed by atoms with Gasteiger partial charge >= 0.3 is 0 Å². The molecule has 0 bridgehead atoms. The van der Waals surface area contributed by atoms with Gasteiger partial charge in [-0.3, -0.25) is 9.48 Å². The van der Waals surface area contributed by atoms with Crippen LogP contribution in [0, 0.1) is 6.92 Å². The zero-order valence-electron chi connectivity index (χ0n) is 10.5. The number of aryl methyl sites for hydroxylation is 1. The highest BCUT2D eigenvalue weighted by Gasteiger charge is 2.12. The van der Waals surface area contributed by atoms with Crippen molar-refractivity contribution in [3.05, 3.63) is 40.7 Å². The summed E-state index contributed by atoms with van der Waals surface area (Å²) in [6.07, 6.45) is 3.67. The molecule has 0 saturated carbocycles. The Balaban J connectivity index is 2.54. The van der Waals surface area contributed by atoms with Crippen molar-refractivity contribution < 1.29 is 4.79 Å². The second-order valence-corrected chi connectivity index (χ2v) is 4.65. The molecule has 2 rings (SSSR count). The smallest absolute Gasteiger partial charge is 0.150 e. The van der Waals surface area contributed by atoms with Crippen LogP contribution in [0.25, 0.3) is 11.1 Å². The van der Waals surface area contributed by atoms with Gasteiger partial charge in [-0.25, -0.2) is 0 Å². The predicted molar refractivity (Wildman–Crippen MR) is 73.1 cm³/mol. The third kappa shape index (κ3) is 2.31. The van der Waals surface area contributed by atoms with Gasteiger partial charge in [-0.1, -0.05) is 18.5 Å². The fraction of sp³-hybridized carbons (Fsp3) is 0.286. The monoisotopic (exact) mass is 262 g/mol. The molecule has 0 aliphatic carbocycles. The van der Waals surface area contributed by atoms with E-state index in [2.05, 4.69) is 12.0 Å². The molecule has 0 unspecified atom stereocenters. The minimum Gasteiger partial charge on any atom is -0.298 e. The van der Waals surface area contributed by atoms with Crippen molar-refractivity contribution in [1.82, 2.24) is 9.78 Å². The Kier molecular flexibility index (Phi) is 3.82. The molecular formula is C14H15ClN2O. The van der Waals surface area contributed by atoms with Crippen molar-refractivity contribution in [2.75, 3.05) is 0 Å². The molecule has 1 aromatic heterocycles. The maximum absolute atomic E-state index is 11.1. The Labute approximate surface area is 111 Å². The largest absolute Gasteiger partial charge is 0.298 e. The summed E-state index contributed by atoms with van der Waals surface area (Å²) >= 11 is 6.00. The van der Waals surface area contributed by atoms with E-state index in [0.29, 0.717) is 10.6 Å². The maximum Gasteiger partial charge on any atom is 0.150 e. The van der Waals surface area contributed by atoms with E-state index in [-0.39, 0.29) is 0 Å². The summed E-state index contributed by atoms with van der Waals surface area (Å²) in [4.78, 5) is 11.1. The van der Waals surface area contributed by atoms with E-state index in [1.165, 1.54) is 0 Å². The molecule has 0 radical (unpaired) electrons. The van der Waals surface area contributed by atoms with E-state index in [1.807, 2.05) is 17.7 Å². The number of aromatic nitrogens is 2. The number of carbonyl (C=O) groups excluding carboxylic acids is 1. The fourth-order valence-electron chi connectivity index (χ4n) is 2.01. The summed E-state index contributed by atoms with van der Waals surface area (Å²) in [6, 6.07) is 5.27. The second-order valence-electron chi connectivity index (χ2n) is 4.22. The first-order chi connectivity index (χ1) is 8.67. The number of benzene rings is 1. The number of nitrogens with zero attached hydrogens (tertiary/aromatic N) is 2. The second kappa shape index (κ2) is 5.36. The van der Waals surface area contributed by atoms with Crippen LogP contribution in [0.3, 0.4) is 0 Å². The average Bonchev–Trinajstić information content (AvgIpc) is 2.72. The topological polar surface area (TPSA) is 34.9 Å². The van der Waals surface area contributed by atoms with Crippen molar-refractivity contribution >= 4 is 17.9 Å². The van der Waals surface area contributed by atoms with Gasteiger partial charge in [-0.2, -0.15) is 5.10 Å². The molecule has 0 fully saturated rings. The van der Waals surface area contributed by atoms with Gasteiger partial charge in [0.2, 0.25) is 0 Å². The minimum absolute atomic E-state index is 0.623. The first-order valence-electron chi connectivity index (χ1n) is 5.95. The van der Waals surface area contributed by atoms with Crippen molar-refractivity contribution in [1.29, 1.82) is 0 Å². The molecule has 0 N–H and O–H groups in total. The van der Waals surface area contributed by atoms with Crippen molar-refractivity contribution in [3.63, 3.8) is 0 Å². The Morgan fingerprint density at radius 2 is 2.17 bits per heavy atom. The van der Waals surface area contributed by atoms with Crippen molar-refractivity contribution in [2.24, 2.45) is 0 Å². The molecule has 94 valence electrons. The average molecular weight is 263 g/mol. The molecule has 0 amide bonds. The van der Waals surface area contributed by atoms with Crippen LogP contribution in [0.15, 0.2) is 24.4 Å². The summed E-state index contributed by atoms with van der Waals surface area (Å²) in [6.45, 7) is 4.99. The highest BCUT2D eigenvalue weighted by atomic mass is 35.5. The number of hydrogen-bond donors (Lipinski definition) is 0. The molecule has 0 spiro atoms. The normalized spacial score (nSPS) is 10.6. The van der Waals surface area contributed by atoms with Gasteiger partial charge in [0.1, 0.15) is 0 Å². The molecule has 1 aromatic carbocycles. The van der Waals surface area contributed by atoms with E-state index in [9.17, 15) is 4.79 Å². The van der Waals surface area contributed by atoms with Crippen LogP contribution >= 0.6 is 11.6 Å². The summed E-state index contributed by atoms with van der Waals surface area (Å²) in [7, 11) is 0. The summed E-state index contributed by atoms with van der Waals surface area (Å²) < 4.78 is 1.95. The number of hydrogen-bond acceptors (Lipinski definition) is 2. The van der Waals surface area contributed by atoms with Gasteiger partial charge in [0, 0.05) is 28.4 Å². The van der Waals surface area contributed by atoms with Crippen molar-refractivity contribution in [3.8, 4) is 11.1 Å². The molecule has 18 heavy (non-hydrogen) atoms. The van der Waals surface area contributed by atoms with Crippen molar-refractivity contribution in [2.45, 2.75) is 26.8 Å². The van der Waals surface area contributed by atoms with Crippen LogP contribution in [0.5, 0.6) is 0 Å². The standard InChI is InChI=1S/C14H15ClN2O/c1-3-6-17-10(2)14(8-16-17)13-7-12(15)5-4-11(13)9-18/h4-5,7-9H,3,6H2,1-2H3. The third-order valence-electron chi connectivity index (χ3n) is 2.97. The first kappa shape index (κ1) is 12.8. The van der Waals surface area contributed by atoms with Gasteiger partial charge in [-0.05, 0) is 37.1 Å². The number of carbonyl (C=O) groups is 1. The summed E-state index contributed by atoms with van der Waals surface area (Å²) in [5.41, 5.74) is 3.51. The molecule has 0 atom stereocenters. The van der Waals surface area contributed by atoms with Crippen LogP contribution in [0.2, 0.25) is 5.02 Å². The molecule has 2 aromatic rings. The predicted octanol–water partition coefficient (Wildman–Crippen LogP) is 3.73.